The molecule has 8 heteroatoms. The first-order valence-electron chi connectivity index (χ1n) is 11.2. The molecule has 174 valence electrons. The minimum absolute atomic E-state index is 0.0633. The largest absolute Gasteiger partial charge is 0.481 e. The Labute approximate surface area is 192 Å². The highest BCUT2D eigenvalue weighted by Crippen LogP contribution is 2.44. The molecule has 0 saturated carbocycles. The number of carboxylic acids is 1. The maximum absolute atomic E-state index is 12.8. The van der Waals surface area contributed by atoms with E-state index in [0.29, 0.717) is 6.42 Å². The number of β-amino-alcohol motifs (C(OH)–C–C–N with tert-alkyl or cyclic N) is 1. The Morgan fingerprint density at radius 1 is 1.09 bits per heavy atom. The van der Waals surface area contributed by atoms with Gasteiger partial charge in [0.2, 0.25) is 5.91 Å². The average Bonchev–Trinajstić information content (AvgIpc) is 3.09. The van der Waals surface area contributed by atoms with Crippen LogP contribution in [0.2, 0.25) is 0 Å². The summed E-state index contributed by atoms with van der Waals surface area (Å²) in [5.41, 5.74) is 3.36. The summed E-state index contributed by atoms with van der Waals surface area (Å²) < 4.78 is 5.45. The number of likely N-dealkylation sites (tertiary alicyclic amines) is 1. The summed E-state index contributed by atoms with van der Waals surface area (Å²) in [6.07, 6.45) is -0.0816. The number of carbonyl (C=O) groups excluding carboxylic acids is 2. The highest BCUT2D eigenvalue weighted by Gasteiger charge is 2.45. The average molecular weight is 453 g/mol. The van der Waals surface area contributed by atoms with Crippen molar-refractivity contribution < 1.29 is 29.3 Å². The van der Waals surface area contributed by atoms with Crippen molar-refractivity contribution in [3.05, 3.63) is 59.7 Å². The van der Waals surface area contributed by atoms with Gasteiger partial charge in [0.15, 0.2) is 0 Å². The van der Waals surface area contributed by atoms with Gasteiger partial charge < -0.3 is 25.2 Å². The Morgan fingerprint density at radius 2 is 1.67 bits per heavy atom. The Kier molecular flexibility index (Phi) is 6.37. The van der Waals surface area contributed by atoms with E-state index < -0.39 is 36.0 Å². The third kappa shape index (κ3) is 4.71. The SMILES string of the molecule is CCCC1(O)CN(C(=O)C(CC(=O)O)NC(=O)OCC2c3ccccc3-c3ccccc32)C1. The van der Waals surface area contributed by atoms with E-state index in [-0.39, 0.29) is 25.6 Å². The number of fused-ring (bicyclic) bond motifs is 3. The second kappa shape index (κ2) is 9.23. The Balaban J connectivity index is 1.39. The van der Waals surface area contributed by atoms with Crippen LogP contribution in [-0.2, 0) is 14.3 Å². The Bertz CT molecular complexity index is 1020. The van der Waals surface area contributed by atoms with Gasteiger partial charge in [0.1, 0.15) is 12.6 Å². The molecule has 1 fully saturated rings. The van der Waals surface area contributed by atoms with Crippen molar-refractivity contribution in [1.82, 2.24) is 10.2 Å². The van der Waals surface area contributed by atoms with Crippen LogP contribution in [0.25, 0.3) is 11.1 Å². The molecule has 8 nitrogen and oxygen atoms in total. The normalized spacial score (nSPS) is 16.8. The summed E-state index contributed by atoms with van der Waals surface area (Å²) in [5.74, 6) is -1.89. The van der Waals surface area contributed by atoms with Crippen molar-refractivity contribution >= 4 is 18.0 Å². The number of hydrogen-bond donors (Lipinski definition) is 3. The molecule has 0 radical (unpaired) electrons. The lowest BCUT2D eigenvalue weighted by Gasteiger charge is -2.47. The Morgan fingerprint density at radius 3 is 2.21 bits per heavy atom. The fourth-order valence-corrected chi connectivity index (χ4v) is 4.82. The summed E-state index contributed by atoms with van der Waals surface area (Å²) >= 11 is 0. The Hall–Kier alpha value is -3.39. The maximum Gasteiger partial charge on any atom is 0.407 e. The topological polar surface area (TPSA) is 116 Å². The zero-order chi connectivity index (χ0) is 23.6. The van der Waals surface area contributed by atoms with Gasteiger partial charge in [-0.15, -0.1) is 0 Å². The summed E-state index contributed by atoms with van der Waals surface area (Å²) in [4.78, 5) is 37.9. The maximum atomic E-state index is 12.8. The molecule has 0 bridgehead atoms. The molecule has 1 aliphatic carbocycles. The lowest BCUT2D eigenvalue weighted by Crippen LogP contribution is -2.66. The standard InChI is InChI=1S/C25H28N2O6/c1-2-11-25(32)14-27(15-25)23(30)21(12-22(28)29)26-24(31)33-13-20-18-9-5-3-7-16(18)17-8-4-6-10-19(17)20/h3-10,20-21,32H,2,11-15H2,1H3,(H,26,31)(H,28,29). The van der Waals surface area contributed by atoms with Crippen LogP contribution in [0.4, 0.5) is 4.79 Å². The fourth-order valence-electron chi connectivity index (χ4n) is 4.82. The molecule has 1 aliphatic heterocycles. The van der Waals surface area contributed by atoms with E-state index in [0.717, 1.165) is 28.7 Å². The molecule has 2 aromatic carbocycles. The van der Waals surface area contributed by atoms with Crippen LogP contribution in [-0.4, -0.2) is 64.4 Å². The van der Waals surface area contributed by atoms with E-state index >= 15 is 0 Å². The van der Waals surface area contributed by atoms with Crippen molar-refractivity contribution in [3.8, 4) is 11.1 Å². The van der Waals surface area contributed by atoms with E-state index in [1.54, 1.807) is 0 Å². The second-order valence-electron chi connectivity index (χ2n) is 8.79. The summed E-state index contributed by atoms with van der Waals surface area (Å²) in [6.45, 7) is 2.26. The van der Waals surface area contributed by atoms with Gasteiger partial charge in [0.25, 0.3) is 0 Å². The van der Waals surface area contributed by atoms with Gasteiger partial charge in [-0.2, -0.15) is 0 Å². The molecule has 1 saturated heterocycles. The number of aliphatic hydroxyl groups is 1. The fraction of sp³-hybridized carbons (Fsp3) is 0.400. The number of hydrogen-bond acceptors (Lipinski definition) is 5. The van der Waals surface area contributed by atoms with Gasteiger partial charge in [-0.05, 0) is 28.7 Å². The molecule has 2 aliphatic rings. The first-order valence-corrected chi connectivity index (χ1v) is 11.2. The number of carbonyl (C=O) groups is 3. The third-order valence-corrected chi connectivity index (χ3v) is 6.31. The number of alkyl carbamates (subject to hydrolysis) is 1. The summed E-state index contributed by atoms with van der Waals surface area (Å²) in [6, 6.07) is 14.6. The third-order valence-electron chi connectivity index (χ3n) is 6.31. The van der Waals surface area contributed by atoms with Crippen LogP contribution in [0.1, 0.15) is 43.2 Å². The summed E-state index contributed by atoms with van der Waals surface area (Å²) in [5, 5.41) is 21.9. The molecule has 1 heterocycles. The molecule has 2 amide bonds. The van der Waals surface area contributed by atoms with Gasteiger partial charge in [-0.1, -0.05) is 61.9 Å². The van der Waals surface area contributed by atoms with Gasteiger partial charge in [-0.25, -0.2) is 4.79 Å². The van der Waals surface area contributed by atoms with Crippen LogP contribution in [0.3, 0.4) is 0 Å². The molecule has 1 unspecified atom stereocenters. The van der Waals surface area contributed by atoms with Gasteiger partial charge in [0.05, 0.1) is 25.1 Å². The van der Waals surface area contributed by atoms with Gasteiger partial charge in [-0.3, -0.25) is 9.59 Å². The first-order chi connectivity index (χ1) is 15.8. The number of carboxylic acid groups (broad SMARTS) is 1. The molecule has 4 rings (SSSR count). The highest BCUT2D eigenvalue weighted by atomic mass is 16.5. The molecule has 33 heavy (non-hydrogen) atoms. The lowest BCUT2D eigenvalue weighted by atomic mass is 9.88. The number of amides is 2. The molecule has 0 spiro atoms. The molecule has 2 aromatic rings. The zero-order valence-corrected chi connectivity index (χ0v) is 18.5. The van der Waals surface area contributed by atoms with Crippen molar-refractivity contribution in [2.75, 3.05) is 19.7 Å². The summed E-state index contributed by atoms with van der Waals surface area (Å²) in [7, 11) is 0. The predicted octanol–water partition coefficient (Wildman–Crippen LogP) is 2.74. The van der Waals surface area contributed by atoms with Crippen LogP contribution < -0.4 is 5.32 Å². The van der Waals surface area contributed by atoms with E-state index in [1.165, 1.54) is 4.90 Å². The van der Waals surface area contributed by atoms with Gasteiger partial charge >= 0.3 is 12.1 Å². The van der Waals surface area contributed by atoms with Crippen molar-refractivity contribution in [1.29, 1.82) is 0 Å². The quantitative estimate of drug-likeness (QED) is 0.567. The monoisotopic (exact) mass is 452 g/mol. The second-order valence-corrected chi connectivity index (χ2v) is 8.79. The minimum atomic E-state index is -1.26. The van der Waals surface area contributed by atoms with Crippen LogP contribution in [0.5, 0.6) is 0 Å². The first kappa shape index (κ1) is 22.8. The number of rotatable bonds is 8. The zero-order valence-electron chi connectivity index (χ0n) is 18.5. The number of nitrogens with one attached hydrogen (secondary N) is 1. The number of aliphatic carboxylic acids is 1. The van der Waals surface area contributed by atoms with Crippen molar-refractivity contribution in [2.24, 2.45) is 0 Å². The molecular weight excluding hydrogens is 424 g/mol. The molecule has 0 aromatic heterocycles. The van der Waals surface area contributed by atoms with Crippen LogP contribution in [0, 0.1) is 0 Å². The van der Waals surface area contributed by atoms with Crippen LogP contribution >= 0.6 is 0 Å². The van der Waals surface area contributed by atoms with Gasteiger partial charge in [0, 0.05) is 5.92 Å². The molecule has 3 N–H and O–H groups in total. The van der Waals surface area contributed by atoms with E-state index in [1.807, 2.05) is 55.5 Å². The van der Waals surface area contributed by atoms with E-state index in [4.69, 9.17) is 4.74 Å². The number of nitrogens with zero attached hydrogens (tertiary/aromatic N) is 1. The number of ether oxygens (including phenoxy) is 1. The van der Waals surface area contributed by atoms with E-state index in [2.05, 4.69) is 5.32 Å². The van der Waals surface area contributed by atoms with Crippen molar-refractivity contribution in [3.63, 3.8) is 0 Å². The smallest absolute Gasteiger partial charge is 0.407 e. The lowest BCUT2D eigenvalue weighted by molar-refractivity contribution is -0.160. The molecule has 1 atom stereocenters. The van der Waals surface area contributed by atoms with Crippen molar-refractivity contribution in [2.45, 2.75) is 43.7 Å². The highest BCUT2D eigenvalue weighted by molar-refractivity contribution is 5.90. The van der Waals surface area contributed by atoms with Crippen LogP contribution in [0.15, 0.2) is 48.5 Å². The molecular formula is C25H28N2O6. The minimum Gasteiger partial charge on any atom is -0.481 e. The number of benzene rings is 2. The predicted molar refractivity (Wildman–Crippen MR) is 121 cm³/mol. The van der Waals surface area contributed by atoms with E-state index in [9.17, 15) is 24.6 Å².